The van der Waals surface area contributed by atoms with Crippen LogP contribution in [0.3, 0.4) is 0 Å². The molecule has 18 heavy (non-hydrogen) atoms. The van der Waals surface area contributed by atoms with Crippen molar-refractivity contribution in [1.29, 1.82) is 0 Å². The van der Waals surface area contributed by atoms with Gasteiger partial charge in [-0.15, -0.1) is 0 Å². The third kappa shape index (κ3) is 3.33. The summed E-state index contributed by atoms with van der Waals surface area (Å²) in [5.41, 5.74) is 4.15. The van der Waals surface area contributed by atoms with Gasteiger partial charge in [-0.2, -0.15) is 0 Å². The largest absolute Gasteiger partial charge is 0.393 e. The molecule has 1 fully saturated rings. The van der Waals surface area contributed by atoms with Gasteiger partial charge in [0.05, 0.1) is 6.10 Å². The van der Waals surface area contributed by atoms with Gasteiger partial charge < -0.3 is 5.11 Å². The Bertz CT molecular complexity index is 394. The van der Waals surface area contributed by atoms with Gasteiger partial charge >= 0.3 is 0 Å². The predicted octanol–water partition coefficient (Wildman–Crippen LogP) is 3.04. The molecule has 0 saturated heterocycles. The van der Waals surface area contributed by atoms with Gasteiger partial charge in [-0.25, -0.2) is 0 Å². The molecule has 0 unspecified atom stereocenters. The molecule has 0 bridgehead atoms. The average molecular weight is 247 g/mol. The van der Waals surface area contributed by atoms with E-state index >= 15 is 0 Å². The first-order valence-electron chi connectivity index (χ1n) is 7.00. The van der Waals surface area contributed by atoms with Crippen LogP contribution in [-0.4, -0.2) is 29.2 Å². The van der Waals surface area contributed by atoms with Crippen molar-refractivity contribution in [3.63, 3.8) is 0 Å². The van der Waals surface area contributed by atoms with Gasteiger partial charge in [-0.1, -0.05) is 23.8 Å². The molecule has 100 valence electrons. The lowest BCUT2D eigenvalue weighted by molar-refractivity contribution is 0.0817. The van der Waals surface area contributed by atoms with Gasteiger partial charge in [0.1, 0.15) is 0 Å². The molecule has 1 aliphatic rings. The maximum atomic E-state index is 9.56. The summed E-state index contributed by atoms with van der Waals surface area (Å²) in [5, 5.41) is 9.56. The lowest BCUT2D eigenvalue weighted by Gasteiger charge is -2.33. The fraction of sp³-hybridized carbons (Fsp3) is 0.625. The minimum Gasteiger partial charge on any atom is -0.393 e. The highest BCUT2D eigenvalue weighted by molar-refractivity contribution is 5.30. The van der Waals surface area contributed by atoms with Crippen molar-refractivity contribution in [3.05, 3.63) is 34.9 Å². The summed E-state index contributed by atoms with van der Waals surface area (Å²) < 4.78 is 0. The van der Waals surface area contributed by atoms with Crippen LogP contribution in [0.25, 0.3) is 0 Å². The molecule has 0 spiro atoms. The molecule has 0 radical (unpaired) electrons. The Morgan fingerprint density at radius 1 is 1.17 bits per heavy atom. The predicted molar refractivity (Wildman–Crippen MR) is 75.6 cm³/mol. The minimum absolute atomic E-state index is 0.0599. The van der Waals surface area contributed by atoms with E-state index in [1.54, 1.807) is 0 Å². The molecule has 2 heteroatoms. The van der Waals surface area contributed by atoms with Crippen molar-refractivity contribution in [3.8, 4) is 0 Å². The topological polar surface area (TPSA) is 23.5 Å². The summed E-state index contributed by atoms with van der Waals surface area (Å²) in [4.78, 5) is 2.45. The summed E-state index contributed by atoms with van der Waals surface area (Å²) >= 11 is 0. The van der Waals surface area contributed by atoms with Gasteiger partial charge in [-0.3, -0.25) is 4.90 Å². The van der Waals surface area contributed by atoms with Crippen LogP contribution in [0.2, 0.25) is 0 Å². The quantitative estimate of drug-likeness (QED) is 0.887. The zero-order valence-corrected chi connectivity index (χ0v) is 11.8. The summed E-state index contributed by atoms with van der Waals surface area (Å²) in [6.07, 6.45) is 4.12. The van der Waals surface area contributed by atoms with Gasteiger partial charge in [0.2, 0.25) is 0 Å². The van der Waals surface area contributed by atoms with Crippen molar-refractivity contribution in [1.82, 2.24) is 4.90 Å². The molecule has 0 heterocycles. The van der Waals surface area contributed by atoms with Crippen molar-refractivity contribution in [2.45, 2.75) is 58.2 Å². The van der Waals surface area contributed by atoms with E-state index < -0.39 is 0 Å². The summed E-state index contributed by atoms with van der Waals surface area (Å²) in [5.74, 6) is 0. The number of aliphatic hydroxyl groups excluding tert-OH is 1. The first-order chi connectivity index (χ1) is 8.56. The van der Waals surface area contributed by atoms with Crippen LogP contribution in [-0.2, 0) is 6.54 Å². The van der Waals surface area contributed by atoms with E-state index in [9.17, 15) is 5.11 Å². The van der Waals surface area contributed by atoms with E-state index in [1.807, 2.05) is 0 Å². The SMILES string of the molecule is Cc1ccc(C)c(CN(C)C2CCC(O)CC2)c1. The molecule has 2 nitrogen and oxygen atoms in total. The zero-order valence-electron chi connectivity index (χ0n) is 11.8. The van der Waals surface area contributed by atoms with E-state index in [4.69, 9.17) is 0 Å². The Morgan fingerprint density at radius 3 is 2.50 bits per heavy atom. The van der Waals surface area contributed by atoms with Gasteiger partial charge in [-0.05, 0) is 57.7 Å². The number of benzene rings is 1. The summed E-state index contributed by atoms with van der Waals surface area (Å²) in [6.45, 7) is 5.36. The van der Waals surface area contributed by atoms with Gasteiger partial charge in [0.15, 0.2) is 0 Å². The maximum Gasteiger partial charge on any atom is 0.0541 e. The normalized spacial score (nSPS) is 24.5. The minimum atomic E-state index is -0.0599. The zero-order chi connectivity index (χ0) is 13.1. The van der Waals surface area contributed by atoms with Gasteiger partial charge in [0, 0.05) is 12.6 Å². The summed E-state index contributed by atoms with van der Waals surface area (Å²) in [6, 6.07) is 7.32. The molecule has 0 aliphatic heterocycles. The van der Waals surface area contributed by atoms with Crippen LogP contribution in [0.5, 0.6) is 0 Å². The molecular weight excluding hydrogens is 222 g/mol. The third-order valence-corrected chi connectivity index (χ3v) is 4.21. The summed E-state index contributed by atoms with van der Waals surface area (Å²) in [7, 11) is 2.21. The second kappa shape index (κ2) is 5.85. The smallest absolute Gasteiger partial charge is 0.0541 e. The highest BCUT2D eigenvalue weighted by atomic mass is 16.3. The van der Waals surface area contributed by atoms with Crippen LogP contribution in [0.1, 0.15) is 42.4 Å². The molecule has 2 rings (SSSR count). The molecule has 1 saturated carbocycles. The van der Waals surface area contributed by atoms with Crippen LogP contribution in [0, 0.1) is 13.8 Å². The molecule has 1 aromatic carbocycles. The van der Waals surface area contributed by atoms with Gasteiger partial charge in [0.25, 0.3) is 0 Å². The van der Waals surface area contributed by atoms with E-state index in [-0.39, 0.29) is 6.10 Å². The van der Waals surface area contributed by atoms with Crippen molar-refractivity contribution < 1.29 is 5.11 Å². The number of aliphatic hydroxyl groups is 1. The standard InChI is InChI=1S/C16H25NO/c1-12-4-5-13(2)14(10-12)11-17(3)15-6-8-16(18)9-7-15/h4-5,10,15-16,18H,6-9,11H2,1-3H3. The van der Waals surface area contributed by atoms with Crippen molar-refractivity contribution in [2.24, 2.45) is 0 Å². The third-order valence-electron chi connectivity index (χ3n) is 4.21. The molecule has 0 aromatic heterocycles. The molecule has 1 N–H and O–H groups in total. The average Bonchev–Trinajstić information content (AvgIpc) is 2.34. The van der Waals surface area contributed by atoms with Crippen LogP contribution in [0.4, 0.5) is 0 Å². The molecule has 0 atom stereocenters. The van der Waals surface area contributed by atoms with E-state index in [0.717, 1.165) is 32.2 Å². The number of rotatable bonds is 3. The maximum absolute atomic E-state index is 9.56. The molecule has 0 amide bonds. The first-order valence-corrected chi connectivity index (χ1v) is 7.00. The Balaban J connectivity index is 1.98. The Kier molecular flexibility index (Phi) is 4.41. The fourth-order valence-electron chi connectivity index (χ4n) is 2.87. The first kappa shape index (κ1) is 13.6. The number of aryl methyl sites for hydroxylation is 2. The molecular formula is C16H25NO. The van der Waals surface area contributed by atoms with Crippen LogP contribution in [0.15, 0.2) is 18.2 Å². The number of hydrogen-bond donors (Lipinski definition) is 1. The lowest BCUT2D eigenvalue weighted by Crippen LogP contribution is -2.36. The van der Waals surface area contributed by atoms with Crippen LogP contribution >= 0.6 is 0 Å². The van der Waals surface area contributed by atoms with Crippen molar-refractivity contribution >= 4 is 0 Å². The Hall–Kier alpha value is -0.860. The van der Waals surface area contributed by atoms with Crippen molar-refractivity contribution in [2.75, 3.05) is 7.05 Å². The fourth-order valence-corrected chi connectivity index (χ4v) is 2.87. The monoisotopic (exact) mass is 247 g/mol. The highest BCUT2D eigenvalue weighted by Crippen LogP contribution is 2.24. The molecule has 1 aliphatic carbocycles. The van der Waals surface area contributed by atoms with E-state index in [0.29, 0.717) is 6.04 Å². The second-order valence-corrected chi connectivity index (χ2v) is 5.81. The van der Waals surface area contributed by atoms with Crippen LogP contribution < -0.4 is 0 Å². The Labute approximate surface area is 111 Å². The molecule has 1 aromatic rings. The highest BCUT2D eigenvalue weighted by Gasteiger charge is 2.22. The van der Waals surface area contributed by atoms with E-state index in [2.05, 4.69) is 44.0 Å². The second-order valence-electron chi connectivity index (χ2n) is 5.81. The number of nitrogens with zero attached hydrogens (tertiary/aromatic N) is 1. The lowest BCUT2D eigenvalue weighted by atomic mass is 9.92. The number of hydrogen-bond acceptors (Lipinski definition) is 2. The van der Waals surface area contributed by atoms with E-state index in [1.165, 1.54) is 16.7 Å². The Morgan fingerprint density at radius 2 is 1.83 bits per heavy atom.